The van der Waals surface area contributed by atoms with Crippen molar-refractivity contribution in [2.24, 2.45) is 0 Å². The predicted octanol–water partition coefficient (Wildman–Crippen LogP) is 4.11. The quantitative estimate of drug-likeness (QED) is 0.525. The Labute approximate surface area is 173 Å². The number of carbonyl (C=O) groups is 2. The molecule has 0 N–H and O–H groups in total. The van der Waals surface area contributed by atoms with Crippen LogP contribution in [0, 0.1) is 11.3 Å². The molecule has 0 saturated carbocycles. The molecule has 0 aliphatic heterocycles. The molecule has 0 bridgehead atoms. The second kappa shape index (κ2) is 9.80. The molecule has 7 heteroatoms. The van der Waals surface area contributed by atoms with Crippen molar-refractivity contribution in [3.8, 4) is 6.07 Å². The highest BCUT2D eigenvalue weighted by molar-refractivity contribution is 7.18. The van der Waals surface area contributed by atoms with Gasteiger partial charge >= 0.3 is 5.97 Å². The van der Waals surface area contributed by atoms with Crippen LogP contribution in [-0.2, 0) is 20.7 Å². The largest absolute Gasteiger partial charge is 0.453 e. The van der Waals surface area contributed by atoms with Gasteiger partial charge in [0.1, 0.15) is 0 Å². The molecular formula is C22H21N3O3S. The van der Waals surface area contributed by atoms with Gasteiger partial charge in [0.05, 0.1) is 34.1 Å². The highest BCUT2D eigenvalue weighted by atomic mass is 32.1. The van der Waals surface area contributed by atoms with E-state index in [2.05, 4.69) is 4.98 Å². The minimum absolute atomic E-state index is 0.154. The lowest BCUT2D eigenvalue weighted by Crippen LogP contribution is -2.40. The molecule has 0 spiro atoms. The Kier molecular flexibility index (Phi) is 6.93. The van der Waals surface area contributed by atoms with Gasteiger partial charge in [0.25, 0.3) is 5.91 Å². The summed E-state index contributed by atoms with van der Waals surface area (Å²) < 4.78 is 6.43. The number of hydrogen-bond donors (Lipinski definition) is 0. The van der Waals surface area contributed by atoms with Crippen molar-refractivity contribution in [1.29, 1.82) is 5.26 Å². The fourth-order valence-electron chi connectivity index (χ4n) is 2.90. The summed E-state index contributed by atoms with van der Waals surface area (Å²) in [5.41, 5.74) is 1.59. The number of ether oxygens (including phenoxy) is 1. The van der Waals surface area contributed by atoms with Crippen LogP contribution in [-0.4, -0.2) is 29.5 Å². The standard InChI is InChI=1S/C22H21N3O3S/c1-16(22(27)25(15-7-14-23)17-8-3-2-4-9-17)28-21(26)13-12-20-24-18-10-5-6-11-19(18)29-20/h2-6,8-11,16H,7,12-13,15H2,1H3/t16-/m0/s1. The van der Waals surface area contributed by atoms with Gasteiger partial charge in [-0.05, 0) is 31.2 Å². The number of aryl methyl sites for hydroxylation is 1. The van der Waals surface area contributed by atoms with Crippen LogP contribution in [0.5, 0.6) is 0 Å². The van der Waals surface area contributed by atoms with Crippen molar-refractivity contribution in [2.75, 3.05) is 11.4 Å². The molecule has 1 aromatic heterocycles. The summed E-state index contributed by atoms with van der Waals surface area (Å²) in [6, 6.07) is 18.9. The molecule has 3 aromatic rings. The Morgan fingerprint density at radius 1 is 1.17 bits per heavy atom. The number of carbonyl (C=O) groups excluding carboxylic acids is 2. The maximum Gasteiger partial charge on any atom is 0.306 e. The lowest BCUT2D eigenvalue weighted by molar-refractivity contribution is -0.153. The number of rotatable bonds is 8. The molecule has 6 nitrogen and oxygen atoms in total. The zero-order valence-corrected chi connectivity index (χ0v) is 16.9. The van der Waals surface area contributed by atoms with E-state index in [0.717, 1.165) is 15.2 Å². The van der Waals surface area contributed by atoms with Gasteiger partial charge in [-0.3, -0.25) is 9.59 Å². The van der Waals surface area contributed by atoms with Gasteiger partial charge in [-0.25, -0.2) is 4.98 Å². The molecule has 1 amide bonds. The Balaban J connectivity index is 1.58. The molecule has 0 radical (unpaired) electrons. The van der Waals surface area contributed by atoms with Crippen LogP contribution in [0.25, 0.3) is 10.2 Å². The summed E-state index contributed by atoms with van der Waals surface area (Å²) in [6.45, 7) is 1.80. The number of amides is 1. The van der Waals surface area contributed by atoms with Crippen LogP contribution in [0.15, 0.2) is 54.6 Å². The number of thiazole rings is 1. The second-order valence-electron chi connectivity index (χ2n) is 6.44. The monoisotopic (exact) mass is 407 g/mol. The Hall–Kier alpha value is -3.24. The summed E-state index contributed by atoms with van der Waals surface area (Å²) in [7, 11) is 0. The molecule has 0 unspecified atom stereocenters. The maximum atomic E-state index is 12.8. The molecule has 1 heterocycles. The van der Waals surface area contributed by atoms with Crippen LogP contribution in [0.3, 0.4) is 0 Å². The highest BCUT2D eigenvalue weighted by Gasteiger charge is 2.25. The molecular weight excluding hydrogens is 386 g/mol. The van der Waals surface area contributed by atoms with Crippen LogP contribution >= 0.6 is 11.3 Å². The summed E-state index contributed by atoms with van der Waals surface area (Å²) >= 11 is 1.55. The van der Waals surface area contributed by atoms with Gasteiger partial charge in [-0.15, -0.1) is 11.3 Å². The van der Waals surface area contributed by atoms with Crippen molar-refractivity contribution in [3.05, 3.63) is 59.6 Å². The first kappa shape index (κ1) is 20.5. The summed E-state index contributed by atoms with van der Waals surface area (Å²) in [4.78, 5) is 31.0. The fraction of sp³-hybridized carbons (Fsp3) is 0.273. The number of aromatic nitrogens is 1. The lowest BCUT2D eigenvalue weighted by Gasteiger charge is -2.25. The summed E-state index contributed by atoms with van der Waals surface area (Å²) in [5.74, 6) is -0.793. The van der Waals surface area contributed by atoms with Gasteiger partial charge in [-0.1, -0.05) is 30.3 Å². The van der Waals surface area contributed by atoms with Gasteiger partial charge < -0.3 is 9.64 Å². The molecule has 29 heavy (non-hydrogen) atoms. The molecule has 1 atom stereocenters. The number of nitriles is 1. The number of nitrogens with zero attached hydrogens (tertiary/aromatic N) is 3. The molecule has 0 fully saturated rings. The van der Waals surface area contributed by atoms with E-state index in [4.69, 9.17) is 10.00 Å². The van der Waals surface area contributed by atoms with Crippen molar-refractivity contribution in [1.82, 2.24) is 4.98 Å². The number of para-hydroxylation sites is 2. The van der Waals surface area contributed by atoms with E-state index >= 15 is 0 Å². The second-order valence-corrected chi connectivity index (χ2v) is 7.56. The third kappa shape index (κ3) is 5.39. The smallest absolute Gasteiger partial charge is 0.306 e. The SMILES string of the molecule is C[C@H](OC(=O)CCc1nc2ccccc2s1)C(=O)N(CCC#N)c1ccccc1. The van der Waals surface area contributed by atoms with E-state index in [9.17, 15) is 9.59 Å². The fourth-order valence-corrected chi connectivity index (χ4v) is 3.86. The Bertz CT molecular complexity index is 993. The van der Waals surface area contributed by atoms with Crippen LogP contribution in [0.1, 0.15) is 24.8 Å². The van der Waals surface area contributed by atoms with E-state index in [1.165, 1.54) is 4.90 Å². The summed E-state index contributed by atoms with van der Waals surface area (Å²) in [5, 5.41) is 9.74. The van der Waals surface area contributed by atoms with Gasteiger partial charge in [0, 0.05) is 18.7 Å². The Morgan fingerprint density at radius 2 is 1.90 bits per heavy atom. The van der Waals surface area contributed by atoms with Gasteiger partial charge in [0.15, 0.2) is 6.10 Å². The van der Waals surface area contributed by atoms with Crippen molar-refractivity contribution < 1.29 is 14.3 Å². The van der Waals surface area contributed by atoms with Gasteiger partial charge in [0.2, 0.25) is 0 Å². The first-order chi connectivity index (χ1) is 14.1. The Morgan fingerprint density at radius 3 is 2.62 bits per heavy atom. The number of hydrogen-bond acceptors (Lipinski definition) is 6. The molecule has 3 rings (SSSR count). The minimum atomic E-state index is -0.934. The van der Waals surface area contributed by atoms with Crippen LogP contribution in [0.2, 0.25) is 0 Å². The molecule has 0 aliphatic carbocycles. The van der Waals surface area contributed by atoms with Crippen molar-refractivity contribution in [2.45, 2.75) is 32.3 Å². The lowest BCUT2D eigenvalue weighted by atomic mass is 10.2. The third-order valence-electron chi connectivity index (χ3n) is 4.32. The molecule has 148 valence electrons. The molecule has 0 aliphatic rings. The topological polar surface area (TPSA) is 83.3 Å². The first-order valence-electron chi connectivity index (χ1n) is 9.36. The maximum absolute atomic E-state index is 12.8. The number of esters is 1. The molecule has 0 saturated heterocycles. The van der Waals surface area contributed by atoms with Crippen molar-refractivity contribution >= 4 is 39.1 Å². The first-order valence-corrected chi connectivity index (χ1v) is 10.2. The van der Waals surface area contributed by atoms with E-state index in [0.29, 0.717) is 12.1 Å². The predicted molar refractivity (Wildman–Crippen MR) is 113 cm³/mol. The number of anilines is 1. The van der Waals surface area contributed by atoms with E-state index in [1.54, 1.807) is 30.4 Å². The average Bonchev–Trinajstić information content (AvgIpc) is 3.16. The van der Waals surface area contributed by atoms with Crippen LogP contribution < -0.4 is 4.90 Å². The zero-order valence-electron chi connectivity index (χ0n) is 16.1. The average molecular weight is 407 g/mol. The normalized spacial score (nSPS) is 11.6. The van der Waals surface area contributed by atoms with Gasteiger partial charge in [-0.2, -0.15) is 5.26 Å². The minimum Gasteiger partial charge on any atom is -0.453 e. The third-order valence-corrected chi connectivity index (χ3v) is 5.41. The van der Waals surface area contributed by atoms with E-state index in [-0.39, 0.29) is 25.3 Å². The van der Waals surface area contributed by atoms with Crippen LogP contribution in [0.4, 0.5) is 5.69 Å². The van der Waals surface area contributed by atoms with E-state index in [1.807, 2.05) is 48.5 Å². The highest BCUT2D eigenvalue weighted by Crippen LogP contribution is 2.22. The number of benzene rings is 2. The van der Waals surface area contributed by atoms with Crippen molar-refractivity contribution in [3.63, 3.8) is 0 Å². The summed E-state index contributed by atoms with van der Waals surface area (Å²) in [6.07, 6.45) is -0.118. The molecule has 2 aromatic carbocycles. The number of fused-ring (bicyclic) bond motifs is 1. The zero-order chi connectivity index (χ0) is 20.6. The van der Waals surface area contributed by atoms with E-state index < -0.39 is 12.1 Å².